The topological polar surface area (TPSA) is 64.6 Å². The SMILES string of the molecule is CCCCCNC(=O)Nc1ccc(O)cc1N(C)C. The number of carbonyl (C=O) groups is 1. The van der Waals surface area contributed by atoms with E-state index in [0.29, 0.717) is 12.2 Å². The van der Waals surface area contributed by atoms with Crippen LogP contribution in [0, 0.1) is 0 Å². The highest BCUT2D eigenvalue weighted by atomic mass is 16.3. The van der Waals surface area contributed by atoms with Gasteiger partial charge in [0.2, 0.25) is 0 Å². The molecule has 3 N–H and O–H groups in total. The highest BCUT2D eigenvalue weighted by molar-refractivity contribution is 5.93. The van der Waals surface area contributed by atoms with Crippen molar-refractivity contribution in [2.24, 2.45) is 0 Å². The molecule has 0 fully saturated rings. The maximum Gasteiger partial charge on any atom is 0.319 e. The molecule has 0 aliphatic rings. The fourth-order valence-corrected chi connectivity index (χ4v) is 1.74. The van der Waals surface area contributed by atoms with E-state index in [1.165, 1.54) is 0 Å². The van der Waals surface area contributed by atoms with E-state index in [4.69, 9.17) is 0 Å². The van der Waals surface area contributed by atoms with E-state index in [9.17, 15) is 9.90 Å². The molecule has 0 radical (unpaired) electrons. The summed E-state index contributed by atoms with van der Waals surface area (Å²) in [6.45, 7) is 2.80. The Morgan fingerprint density at radius 3 is 2.68 bits per heavy atom. The Balaban J connectivity index is 2.58. The molecule has 1 aromatic carbocycles. The molecule has 0 aliphatic heterocycles. The lowest BCUT2D eigenvalue weighted by molar-refractivity contribution is 0.252. The summed E-state index contributed by atoms with van der Waals surface area (Å²) < 4.78 is 0. The summed E-state index contributed by atoms with van der Waals surface area (Å²) >= 11 is 0. The first-order valence-corrected chi connectivity index (χ1v) is 6.59. The van der Waals surface area contributed by atoms with Crippen molar-refractivity contribution < 1.29 is 9.90 Å². The standard InChI is InChI=1S/C14H23N3O2/c1-4-5-6-9-15-14(19)16-12-8-7-11(18)10-13(12)17(2)3/h7-8,10,18H,4-6,9H2,1-3H3,(H2,15,16,19). The predicted octanol–water partition coefficient (Wildman–Crippen LogP) is 2.77. The summed E-state index contributed by atoms with van der Waals surface area (Å²) in [6, 6.07) is 4.65. The van der Waals surface area contributed by atoms with E-state index in [1.54, 1.807) is 18.2 Å². The van der Waals surface area contributed by atoms with Gasteiger partial charge < -0.3 is 20.6 Å². The van der Waals surface area contributed by atoms with E-state index in [1.807, 2.05) is 19.0 Å². The average Bonchev–Trinajstić information content (AvgIpc) is 2.36. The Labute approximate surface area is 114 Å². The van der Waals surface area contributed by atoms with Gasteiger partial charge in [0.1, 0.15) is 5.75 Å². The van der Waals surface area contributed by atoms with Crippen LogP contribution in [-0.2, 0) is 0 Å². The number of hydrogen-bond donors (Lipinski definition) is 3. The first-order chi connectivity index (χ1) is 9.04. The van der Waals surface area contributed by atoms with Crippen LogP contribution < -0.4 is 15.5 Å². The molecular weight excluding hydrogens is 242 g/mol. The molecule has 19 heavy (non-hydrogen) atoms. The number of hydrogen-bond acceptors (Lipinski definition) is 3. The number of amides is 2. The zero-order valence-corrected chi connectivity index (χ0v) is 11.9. The van der Waals surface area contributed by atoms with Crippen LogP contribution in [0.3, 0.4) is 0 Å². The molecule has 0 atom stereocenters. The van der Waals surface area contributed by atoms with Gasteiger partial charge in [0.15, 0.2) is 0 Å². The van der Waals surface area contributed by atoms with E-state index in [2.05, 4.69) is 17.6 Å². The molecule has 0 unspecified atom stereocenters. The summed E-state index contributed by atoms with van der Waals surface area (Å²) in [4.78, 5) is 13.6. The highest BCUT2D eigenvalue weighted by Gasteiger charge is 2.08. The fraction of sp³-hybridized carbons (Fsp3) is 0.500. The molecule has 0 saturated heterocycles. The largest absolute Gasteiger partial charge is 0.508 e. The molecule has 1 rings (SSSR count). The smallest absolute Gasteiger partial charge is 0.319 e. The number of aromatic hydroxyl groups is 1. The minimum atomic E-state index is -0.218. The van der Waals surface area contributed by atoms with E-state index in [0.717, 1.165) is 24.9 Å². The molecule has 106 valence electrons. The minimum Gasteiger partial charge on any atom is -0.508 e. The van der Waals surface area contributed by atoms with Crippen LogP contribution >= 0.6 is 0 Å². The van der Waals surface area contributed by atoms with Crippen molar-refractivity contribution in [1.82, 2.24) is 5.32 Å². The van der Waals surface area contributed by atoms with Gasteiger partial charge in [0.25, 0.3) is 0 Å². The van der Waals surface area contributed by atoms with Gasteiger partial charge in [0, 0.05) is 26.7 Å². The van der Waals surface area contributed by atoms with Gasteiger partial charge in [0.05, 0.1) is 11.4 Å². The molecule has 5 heteroatoms. The van der Waals surface area contributed by atoms with Crippen LogP contribution in [0.4, 0.5) is 16.2 Å². The van der Waals surface area contributed by atoms with Gasteiger partial charge in [-0.3, -0.25) is 0 Å². The van der Waals surface area contributed by atoms with Crippen LogP contribution in [0.25, 0.3) is 0 Å². The van der Waals surface area contributed by atoms with Gasteiger partial charge in [-0.05, 0) is 18.6 Å². The third-order valence-electron chi connectivity index (χ3n) is 2.78. The van der Waals surface area contributed by atoms with Crippen molar-refractivity contribution in [3.05, 3.63) is 18.2 Å². The maximum absolute atomic E-state index is 11.7. The van der Waals surface area contributed by atoms with E-state index in [-0.39, 0.29) is 11.8 Å². The van der Waals surface area contributed by atoms with Crippen molar-refractivity contribution >= 4 is 17.4 Å². The summed E-state index contributed by atoms with van der Waals surface area (Å²) in [5.41, 5.74) is 1.44. The van der Waals surface area contributed by atoms with E-state index >= 15 is 0 Å². The molecular formula is C14H23N3O2. The average molecular weight is 265 g/mol. The third kappa shape index (κ3) is 5.07. The second kappa shape index (κ2) is 7.51. The van der Waals surface area contributed by atoms with Crippen LogP contribution in [0.1, 0.15) is 26.2 Å². The van der Waals surface area contributed by atoms with Crippen molar-refractivity contribution in [2.75, 3.05) is 30.9 Å². The lowest BCUT2D eigenvalue weighted by Crippen LogP contribution is -2.30. The second-order valence-corrected chi connectivity index (χ2v) is 4.68. The van der Waals surface area contributed by atoms with Gasteiger partial charge in [-0.15, -0.1) is 0 Å². The number of urea groups is 1. The summed E-state index contributed by atoms with van der Waals surface area (Å²) in [5, 5.41) is 15.1. The molecule has 0 saturated carbocycles. The fourth-order valence-electron chi connectivity index (χ4n) is 1.74. The number of nitrogens with one attached hydrogen (secondary N) is 2. The minimum absolute atomic E-state index is 0.178. The van der Waals surface area contributed by atoms with E-state index < -0.39 is 0 Å². The lowest BCUT2D eigenvalue weighted by atomic mass is 10.2. The molecule has 5 nitrogen and oxygen atoms in total. The first kappa shape index (κ1) is 15.1. The van der Waals surface area contributed by atoms with Gasteiger partial charge >= 0.3 is 6.03 Å². The van der Waals surface area contributed by atoms with Crippen molar-refractivity contribution in [2.45, 2.75) is 26.2 Å². The predicted molar refractivity (Wildman–Crippen MR) is 79.0 cm³/mol. The first-order valence-electron chi connectivity index (χ1n) is 6.59. The zero-order valence-electron chi connectivity index (χ0n) is 11.9. The van der Waals surface area contributed by atoms with Crippen molar-refractivity contribution in [1.29, 1.82) is 0 Å². The van der Waals surface area contributed by atoms with Gasteiger partial charge in [-0.2, -0.15) is 0 Å². The summed E-state index contributed by atoms with van der Waals surface area (Å²) in [6.07, 6.45) is 3.23. The Morgan fingerprint density at radius 2 is 2.05 bits per heavy atom. The molecule has 0 aliphatic carbocycles. The highest BCUT2D eigenvalue weighted by Crippen LogP contribution is 2.28. The number of rotatable bonds is 6. The molecule has 0 heterocycles. The Morgan fingerprint density at radius 1 is 1.32 bits per heavy atom. The van der Waals surface area contributed by atoms with Crippen LogP contribution in [0.15, 0.2) is 18.2 Å². The third-order valence-corrected chi connectivity index (χ3v) is 2.78. The van der Waals surface area contributed by atoms with Crippen LogP contribution in [-0.4, -0.2) is 31.8 Å². The lowest BCUT2D eigenvalue weighted by Gasteiger charge is -2.18. The normalized spacial score (nSPS) is 10.1. The summed E-state index contributed by atoms with van der Waals surface area (Å²) in [5.74, 6) is 0.178. The number of nitrogens with zero attached hydrogens (tertiary/aromatic N) is 1. The van der Waals surface area contributed by atoms with Gasteiger partial charge in [-0.25, -0.2) is 4.79 Å². The zero-order chi connectivity index (χ0) is 14.3. The Bertz CT molecular complexity index is 419. The van der Waals surface area contributed by atoms with Gasteiger partial charge in [-0.1, -0.05) is 19.8 Å². The second-order valence-electron chi connectivity index (χ2n) is 4.68. The van der Waals surface area contributed by atoms with Crippen molar-refractivity contribution in [3.8, 4) is 5.75 Å². The quantitative estimate of drug-likeness (QED) is 0.547. The number of unbranched alkanes of at least 4 members (excludes halogenated alkanes) is 2. The molecule has 0 spiro atoms. The monoisotopic (exact) mass is 265 g/mol. The van der Waals surface area contributed by atoms with Crippen LogP contribution in [0.5, 0.6) is 5.75 Å². The molecule has 0 aromatic heterocycles. The number of anilines is 2. The number of benzene rings is 1. The summed E-state index contributed by atoms with van der Waals surface area (Å²) in [7, 11) is 3.72. The number of phenolic OH excluding ortho intramolecular Hbond substituents is 1. The van der Waals surface area contributed by atoms with Crippen molar-refractivity contribution in [3.63, 3.8) is 0 Å². The molecule has 2 amide bonds. The molecule has 0 bridgehead atoms. The molecule has 1 aromatic rings. The van der Waals surface area contributed by atoms with Crippen LogP contribution in [0.2, 0.25) is 0 Å². The number of phenols is 1. The number of carbonyl (C=O) groups excluding carboxylic acids is 1. The Hall–Kier alpha value is -1.91. The maximum atomic E-state index is 11.7. The Kier molecular flexibility index (Phi) is 5.99.